The van der Waals surface area contributed by atoms with Crippen LogP contribution in [-0.2, 0) is 14.6 Å². The van der Waals surface area contributed by atoms with E-state index in [0.29, 0.717) is 23.8 Å². The molecular formula is C31H33F2N7O4S. The van der Waals surface area contributed by atoms with Gasteiger partial charge in [-0.05, 0) is 75.0 Å². The van der Waals surface area contributed by atoms with Crippen molar-refractivity contribution in [2.75, 3.05) is 61.8 Å². The molecule has 4 N–H and O–H groups in total. The molecule has 0 radical (unpaired) electrons. The normalized spacial score (nSPS) is 17.8. The molecule has 1 atom stereocenters. The van der Waals surface area contributed by atoms with Gasteiger partial charge in [0.2, 0.25) is 15.7 Å². The minimum Gasteiger partial charge on any atom is -0.369 e. The van der Waals surface area contributed by atoms with Crippen LogP contribution < -0.4 is 20.9 Å². The summed E-state index contributed by atoms with van der Waals surface area (Å²) in [4.78, 5) is 30.6. The van der Waals surface area contributed by atoms with E-state index < -0.39 is 32.3 Å². The van der Waals surface area contributed by atoms with Crippen molar-refractivity contribution in [2.45, 2.75) is 22.6 Å². The van der Waals surface area contributed by atoms with E-state index in [-0.39, 0.29) is 33.5 Å². The molecule has 236 valence electrons. The SMILES string of the molecule is CN1CCN(c2ccc(C(=O)Nc3n[nH]c4ccc(S(=O)(=O)c5cc(F)cc(F)c5)cc34)c(NC(=O)C3CCCNC3)c2)CC1. The average Bonchev–Trinajstić information content (AvgIpc) is 3.43. The summed E-state index contributed by atoms with van der Waals surface area (Å²) in [5.74, 6) is -2.97. The molecule has 0 aliphatic carbocycles. The highest BCUT2D eigenvalue weighted by molar-refractivity contribution is 7.91. The molecule has 2 fully saturated rings. The number of hydrogen-bond acceptors (Lipinski definition) is 8. The third-order valence-corrected chi connectivity index (χ3v) is 10.00. The fourth-order valence-electron chi connectivity index (χ4n) is 5.66. The van der Waals surface area contributed by atoms with Crippen LogP contribution in [0.15, 0.2) is 64.4 Å². The van der Waals surface area contributed by atoms with E-state index in [0.717, 1.165) is 63.4 Å². The Kier molecular flexibility index (Phi) is 8.53. The van der Waals surface area contributed by atoms with Crippen molar-refractivity contribution in [1.82, 2.24) is 20.4 Å². The number of nitrogens with one attached hydrogen (secondary N) is 4. The van der Waals surface area contributed by atoms with Crippen molar-refractivity contribution >= 4 is 49.7 Å². The number of carbonyl (C=O) groups is 2. The van der Waals surface area contributed by atoms with Crippen molar-refractivity contribution in [1.29, 1.82) is 0 Å². The summed E-state index contributed by atoms with van der Waals surface area (Å²) >= 11 is 0. The van der Waals surface area contributed by atoms with Crippen LogP contribution in [0.3, 0.4) is 0 Å². The van der Waals surface area contributed by atoms with E-state index in [1.807, 2.05) is 6.07 Å². The van der Waals surface area contributed by atoms with Gasteiger partial charge >= 0.3 is 0 Å². The fraction of sp³-hybridized carbons (Fsp3) is 0.323. The Bertz CT molecular complexity index is 1850. The predicted molar refractivity (Wildman–Crippen MR) is 166 cm³/mol. The molecule has 3 heterocycles. The molecule has 2 aliphatic rings. The minimum absolute atomic E-state index is 0.0503. The highest BCUT2D eigenvalue weighted by Gasteiger charge is 2.26. The highest BCUT2D eigenvalue weighted by Crippen LogP contribution is 2.31. The van der Waals surface area contributed by atoms with Crippen LogP contribution >= 0.6 is 0 Å². The molecule has 45 heavy (non-hydrogen) atoms. The van der Waals surface area contributed by atoms with Gasteiger partial charge in [-0.1, -0.05) is 0 Å². The third kappa shape index (κ3) is 6.53. The van der Waals surface area contributed by atoms with Crippen molar-refractivity contribution in [3.8, 4) is 0 Å². The number of benzene rings is 3. The van der Waals surface area contributed by atoms with E-state index in [4.69, 9.17) is 0 Å². The topological polar surface area (TPSA) is 140 Å². The van der Waals surface area contributed by atoms with Crippen molar-refractivity contribution < 1.29 is 26.8 Å². The predicted octanol–water partition coefficient (Wildman–Crippen LogP) is 3.62. The van der Waals surface area contributed by atoms with Crippen molar-refractivity contribution in [2.24, 2.45) is 5.92 Å². The van der Waals surface area contributed by atoms with Gasteiger partial charge in [0.15, 0.2) is 5.82 Å². The second-order valence-corrected chi connectivity index (χ2v) is 13.3. The largest absolute Gasteiger partial charge is 0.369 e. The van der Waals surface area contributed by atoms with E-state index in [1.165, 1.54) is 18.2 Å². The van der Waals surface area contributed by atoms with Gasteiger partial charge in [-0.2, -0.15) is 5.10 Å². The number of piperidine rings is 1. The van der Waals surface area contributed by atoms with Gasteiger partial charge in [0, 0.05) is 49.9 Å². The number of sulfone groups is 1. The number of piperazine rings is 1. The molecular weight excluding hydrogens is 604 g/mol. The second kappa shape index (κ2) is 12.5. The summed E-state index contributed by atoms with van der Waals surface area (Å²) in [6.07, 6.45) is 1.62. The first kappa shape index (κ1) is 30.6. The highest BCUT2D eigenvalue weighted by atomic mass is 32.2. The number of amides is 2. The number of fused-ring (bicyclic) bond motifs is 1. The lowest BCUT2D eigenvalue weighted by Gasteiger charge is -2.34. The van der Waals surface area contributed by atoms with E-state index >= 15 is 0 Å². The van der Waals surface area contributed by atoms with Gasteiger partial charge in [-0.15, -0.1) is 0 Å². The van der Waals surface area contributed by atoms with Crippen LogP contribution in [0.5, 0.6) is 0 Å². The third-order valence-electron chi connectivity index (χ3n) is 8.26. The van der Waals surface area contributed by atoms with Crippen molar-refractivity contribution in [3.05, 3.63) is 71.8 Å². The molecule has 1 unspecified atom stereocenters. The van der Waals surface area contributed by atoms with Gasteiger partial charge in [0.1, 0.15) is 11.6 Å². The maximum Gasteiger partial charge on any atom is 0.258 e. The van der Waals surface area contributed by atoms with E-state index in [2.05, 4.69) is 43.0 Å². The monoisotopic (exact) mass is 637 g/mol. The average molecular weight is 638 g/mol. The van der Waals surface area contributed by atoms with E-state index in [1.54, 1.807) is 12.1 Å². The second-order valence-electron chi connectivity index (χ2n) is 11.4. The summed E-state index contributed by atoms with van der Waals surface area (Å²) < 4.78 is 54.0. The number of H-pyrrole nitrogens is 1. The first-order chi connectivity index (χ1) is 21.6. The van der Waals surface area contributed by atoms with Crippen LogP contribution in [0.25, 0.3) is 10.9 Å². The quantitative estimate of drug-likeness (QED) is 0.241. The Morgan fingerprint density at radius 1 is 0.933 bits per heavy atom. The lowest BCUT2D eigenvalue weighted by Crippen LogP contribution is -2.44. The molecule has 2 amide bonds. The summed E-state index contributed by atoms with van der Waals surface area (Å²) in [5, 5.41) is 16.2. The summed E-state index contributed by atoms with van der Waals surface area (Å²) in [5.41, 5.74) is 1.87. The maximum atomic E-state index is 13.8. The van der Waals surface area contributed by atoms with Crippen LogP contribution in [0.4, 0.5) is 26.0 Å². The van der Waals surface area contributed by atoms with Crippen LogP contribution in [0.1, 0.15) is 23.2 Å². The molecule has 2 aliphatic heterocycles. The van der Waals surface area contributed by atoms with Crippen molar-refractivity contribution in [3.63, 3.8) is 0 Å². The molecule has 0 spiro atoms. The number of halogens is 2. The molecule has 14 heteroatoms. The smallest absolute Gasteiger partial charge is 0.258 e. The van der Waals surface area contributed by atoms with Crippen LogP contribution in [0.2, 0.25) is 0 Å². The van der Waals surface area contributed by atoms with Crippen LogP contribution in [-0.4, -0.2) is 81.6 Å². The molecule has 2 saturated heterocycles. The van der Waals surface area contributed by atoms with Gasteiger partial charge in [-0.25, -0.2) is 17.2 Å². The van der Waals surface area contributed by atoms with Gasteiger partial charge in [0.05, 0.1) is 32.5 Å². The minimum atomic E-state index is -4.30. The summed E-state index contributed by atoms with van der Waals surface area (Å²) in [6, 6.07) is 11.4. The number of rotatable bonds is 7. The molecule has 4 aromatic rings. The van der Waals surface area contributed by atoms with Crippen LogP contribution in [0, 0.1) is 17.6 Å². The molecule has 6 rings (SSSR count). The maximum absolute atomic E-state index is 13.8. The summed E-state index contributed by atoms with van der Waals surface area (Å²) in [6.45, 7) is 4.78. The van der Waals surface area contributed by atoms with E-state index in [9.17, 15) is 26.8 Å². The number of carbonyl (C=O) groups excluding carboxylic acids is 2. The number of anilines is 3. The summed E-state index contributed by atoms with van der Waals surface area (Å²) in [7, 11) is -2.23. The molecule has 3 aromatic carbocycles. The number of aromatic amines is 1. The number of likely N-dealkylation sites (N-methyl/N-ethyl adjacent to an activating group) is 1. The first-order valence-corrected chi connectivity index (χ1v) is 16.2. The zero-order chi connectivity index (χ0) is 31.7. The lowest BCUT2D eigenvalue weighted by molar-refractivity contribution is -0.120. The Morgan fingerprint density at radius 3 is 2.40 bits per heavy atom. The van der Waals surface area contributed by atoms with Gasteiger partial charge < -0.3 is 25.8 Å². The Hall–Kier alpha value is -4.40. The number of aromatic nitrogens is 2. The number of hydrogen-bond donors (Lipinski definition) is 4. The zero-order valence-electron chi connectivity index (χ0n) is 24.6. The Morgan fingerprint density at radius 2 is 1.69 bits per heavy atom. The van der Waals surface area contributed by atoms with Gasteiger partial charge in [-0.3, -0.25) is 14.7 Å². The molecule has 0 bridgehead atoms. The van der Waals surface area contributed by atoms with Gasteiger partial charge in [0.25, 0.3) is 5.91 Å². The number of nitrogens with zero attached hydrogens (tertiary/aromatic N) is 3. The Labute approximate surface area is 258 Å². The molecule has 1 aromatic heterocycles. The fourth-order valence-corrected chi connectivity index (χ4v) is 6.98. The standard InChI is InChI=1S/C31H33F2N7O4S/c1-39-9-11-40(12-10-39)22-4-6-25(28(16-22)35-30(41)19-3-2-8-34-18-19)31(42)36-29-26-17-23(5-7-27(26)37-38-29)45(43,44)24-14-20(32)13-21(33)15-24/h4-7,13-17,19,34H,2-3,8-12,18H2,1H3,(H,35,41)(H2,36,37,38,42). The zero-order valence-corrected chi connectivity index (χ0v) is 25.4. The lowest BCUT2D eigenvalue weighted by atomic mass is 9.98. The molecule has 0 saturated carbocycles. The molecule has 11 nitrogen and oxygen atoms in total. The first-order valence-electron chi connectivity index (χ1n) is 14.7. The Balaban J connectivity index is 1.30.